The summed E-state index contributed by atoms with van der Waals surface area (Å²) >= 11 is 7.30. The van der Waals surface area contributed by atoms with E-state index in [9.17, 15) is 9.59 Å². The topological polar surface area (TPSA) is 78.4 Å². The van der Waals surface area contributed by atoms with Crippen LogP contribution in [0.1, 0.15) is 25.1 Å². The Morgan fingerprint density at radius 3 is 2.60 bits per heavy atom. The van der Waals surface area contributed by atoms with E-state index in [2.05, 4.69) is 10.6 Å². The third-order valence-corrected chi connectivity index (χ3v) is 4.09. The number of thiophene rings is 1. The predicted molar refractivity (Wildman–Crippen MR) is 80.4 cm³/mol. The minimum atomic E-state index is -0.919. The van der Waals surface area contributed by atoms with E-state index in [4.69, 9.17) is 16.7 Å². The average molecular weight is 319 g/mol. The van der Waals surface area contributed by atoms with Gasteiger partial charge in [-0.1, -0.05) is 25.4 Å². The minimum Gasteiger partial charge on any atom is -0.481 e. The smallest absolute Gasteiger partial charge is 0.315 e. The number of carbonyl (C=O) groups excluding carboxylic acids is 1. The summed E-state index contributed by atoms with van der Waals surface area (Å²) in [5, 5.41) is 14.2. The van der Waals surface area contributed by atoms with Crippen LogP contribution in [0.25, 0.3) is 0 Å². The molecule has 0 fully saturated rings. The molecule has 1 unspecified atom stereocenters. The maximum absolute atomic E-state index is 11.7. The predicted octanol–water partition coefficient (Wildman–Crippen LogP) is 2.74. The number of rotatable bonds is 7. The highest BCUT2D eigenvalue weighted by Crippen LogP contribution is 2.21. The molecular weight excluding hydrogens is 300 g/mol. The van der Waals surface area contributed by atoms with Gasteiger partial charge in [-0.15, -0.1) is 11.3 Å². The monoisotopic (exact) mass is 318 g/mol. The van der Waals surface area contributed by atoms with Crippen LogP contribution in [0, 0.1) is 5.92 Å². The lowest BCUT2D eigenvalue weighted by Gasteiger charge is -2.20. The summed E-state index contributed by atoms with van der Waals surface area (Å²) in [6.07, 6.45) is 0.627. The molecule has 20 heavy (non-hydrogen) atoms. The Bertz CT molecular complexity index is 462. The number of hydrogen-bond acceptors (Lipinski definition) is 3. The summed E-state index contributed by atoms with van der Waals surface area (Å²) in [4.78, 5) is 23.5. The van der Waals surface area contributed by atoms with Gasteiger partial charge in [0.05, 0.1) is 10.8 Å². The van der Waals surface area contributed by atoms with Gasteiger partial charge < -0.3 is 15.7 Å². The number of carboxylic acids is 1. The molecule has 0 aromatic carbocycles. The van der Waals surface area contributed by atoms with Gasteiger partial charge in [-0.3, -0.25) is 4.79 Å². The lowest BCUT2D eigenvalue weighted by Crippen LogP contribution is -2.45. The van der Waals surface area contributed by atoms with Crippen LogP contribution < -0.4 is 10.6 Å². The normalized spacial score (nSPS) is 12.2. The number of aliphatic carboxylic acids is 1. The van der Waals surface area contributed by atoms with Gasteiger partial charge in [0.15, 0.2) is 0 Å². The Balaban J connectivity index is 2.32. The molecule has 0 aliphatic rings. The van der Waals surface area contributed by atoms with Crippen LogP contribution in [-0.4, -0.2) is 29.7 Å². The molecule has 0 spiro atoms. The summed E-state index contributed by atoms with van der Waals surface area (Å²) < 4.78 is 0.728. The molecule has 0 bridgehead atoms. The van der Waals surface area contributed by atoms with Gasteiger partial charge in [0.1, 0.15) is 0 Å². The van der Waals surface area contributed by atoms with Crippen LogP contribution in [0.2, 0.25) is 4.34 Å². The van der Waals surface area contributed by atoms with Crippen molar-refractivity contribution in [1.29, 1.82) is 0 Å². The molecule has 1 aromatic rings. The van der Waals surface area contributed by atoms with Gasteiger partial charge in [-0.05, 0) is 24.5 Å². The summed E-state index contributed by atoms with van der Waals surface area (Å²) in [5.74, 6) is -0.856. The summed E-state index contributed by atoms with van der Waals surface area (Å²) in [6, 6.07) is 3.04. The number of urea groups is 1. The van der Waals surface area contributed by atoms with E-state index in [1.165, 1.54) is 11.3 Å². The van der Waals surface area contributed by atoms with E-state index in [-0.39, 0.29) is 24.4 Å². The molecule has 1 rings (SSSR count). The van der Waals surface area contributed by atoms with Crippen molar-refractivity contribution in [3.05, 3.63) is 21.3 Å². The van der Waals surface area contributed by atoms with Gasteiger partial charge >= 0.3 is 12.0 Å². The lowest BCUT2D eigenvalue weighted by molar-refractivity contribution is -0.137. The van der Waals surface area contributed by atoms with Crippen molar-refractivity contribution >= 4 is 34.9 Å². The highest BCUT2D eigenvalue weighted by Gasteiger charge is 2.19. The van der Waals surface area contributed by atoms with Crippen molar-refractivity contribution in [2.24, 2.45) is 5.92 Å². The zero-order chi connectivity index (χ0) is 15.1. The number of hydrogen-bond donors (Lipinski definition) is 3. The molecule has 112 valence electrons. The first-order valence-electron chi connectivity index (χ1n) is 6.39. The SMILES string of the molecule is CC(C)C(CC(=O)O)NC(=O)NCCc1ccc(Cl)s1. The second-order valence-corrected chi connectivity index (χ2v) is 6.60. The molecule has 5 nitrogen and oxygen atoms in total. The molecule has 1 aromatic heterocycles. The quantitative estimate of drug-likeness (QED) is 0.723. The number of carboxylic acid groups (broad SMARTS) is 1. The fourth-order valence-corrected chi connectivity index (χ4v) is 2.73. The first-order chi connectivity index (χ1) is 9.38. The highest BCUT2D eigenvalue weighted by atomic mass is 35.5. The van der Waals surface area contributed by atoms with Gasteiger partial charge in [0.2, 0.25) is 0 Å². The van der Waals surface area contributed by atoms with E-state index in [1.54, 1.807) is 0 Å². The van der Waals surface area contributed by atoms with Crippen molar-refractivity contribution in [3.63, 3.8) is 0 Å². The molecule has 0 saturated carbocycles. The van der Waals surface area contributed by atoms with Crippen LogP contribution >= 0.6 is 22.9 Å². The van der Waals surface area contributed by atoms with Crippen LogP contribution in [0.5, 0.6) is 0 Å². The van der Waals surface area contributed by atoms with E-state index >= 15 is 0 Å². The second kappa shape index (κ2) is 8.11. The van der Waals surface area contributed by atoms with E-state index in [1.807, 2.05) is 26.0 Å². The van der Waals surface area contributed by atoms with Crippen molar-refractivity contribution in [3.8, 4) is 0 Å². The van der Waals surface area contributed by atoms with Gasteiger partial charge in [-0.25, -0.2) is 4.79 Å². The van der Waals surface area contributed by atoms with Gasteiger partial charge in [0, 0.05) is 17.5 Å². The minimum absolute atomic E-state index is 0.0629. The van der Waals surface area contributed by atoms with E-state index in [0.717, 1.165) is 9.21 Å². The average Bonchev–Trinajstić information content (AvgIpc) is 2.73. The highest BCUT2D eigenvalue weighted by molar-refractivity contribution is 7.16. The largest absolute Gasteiger partial charge is 0.481 e. The first-order valence-corrected chi connectivity index (χ1v) is 7.58. The Morgan fingerprint density at radius 1 is 1.40 bits per heavy atom. The number of carbonyl (C=O) groups is 2. The Kier molecular flexibility index (Phi) is 6.81. The summed E-state index contributed by atoms with van der Waals surface area (Å²) in [7, 11) is 0. The molecule has 1 heterocycles. The van der Waals surface area contributed by atoms with Crippen molar-refractivity contribution in [2.75, 3.05) is 6.54 Å². The fraction of sp³-hybridized carbons (Fsp3) is 0.538. The van der Waals surface area contributed by atoms with E-state index < -0.39 is 5.97 Å². The second-order valence-electron chi connectivity index (χ2n) is 4.80. The van der Waals surface area contributed by atoms with Crippen molar-refractivity contribution in [2.45, 2.75) is 32.7 Å². The Hall–Kier alpha value is -1.27. The molecule has 3 N–H and O–H groups in total. The van der Waals surface area contributed by atoms with Gasteiger partial charge in [0.25, 0.3) is 0 Å². The fourth-order valence-electron chi connectivity index (χ4n) is 1.65. The molecular formula is C13H19ClN2O3S. The lowest BCUT2D eigenvalue weighted by atomic mass is 10.0. The molecule has 0 saturated heterocycles. The molecule has 2 amide bonds. The maximum Gasteiger partial charge on any atom is 0.315 e. The third-order valence-electron chi connectivity index (χ3n) is 2.80. The molecule has 0 aliphatic carbocycles. The number of nitrogens with one attached hydrogen (secondary N) is 2. The van der Waals surface area contributed by atoms with Crippen LogP contribution in [-0.2, 0) is 11.2 Å². The Morgan fingerprint density at radius 2 is 2.10 bits per heavy atom. The van der Waals surface area contributed by atoms with Crippen molar-refractivity contribution in [1.82, 2.24) is 10.6 Å². The van der Waals surface area contributed by atoms with Crippen LogP contribution in [0.15, 0.2) is 12.1 Å². The summed E-state index contributed by atoms with van der Waals surface area (Å²) in [6.45, 7) is 4.24. The van der Waals surface area contributed by atoms with Crippen LogP contribution in [0.3, 0.4) is 0 Å². The standard InChI is InChI=1S/C13H19ClN2O3S/c1-8(2)10(7-12(17)18)16-13(19)15-6-5-9-3-4-11(14)20-9/h3-4,8,10H,5-7H2,1-2H3,(H,17,18)(H2,15,16,19). The zero-order valence-corrected chi connectivity index (χ0v) is 13.1. The number of amides is 2. The maximum atomic E-state index is 11.7. The molecule has 0 radical (unpaired) electrons. The Labute approximate surface area is 127 Å². The molecule has 0 aliphatic heterocycles. The zero-order valence-electron chi connectivity index (χ0n) is 11.5. The molecule has 7 heteroatoms. The summed E-state index contributed by atoms with van der Waals surface area (Å²) in [5.41, 5.74) is 0. The van der Waals surface area contributed by atoms with E-state index in [0.29, 0.717) is 13.0 Å². The van der Waals surface area contributed by atoms with Crippen molar-refractivity contribution < 1.29 is 14.7 Å². The number of halogens is 1. The van der Waals surface area contributed by atoms with Crippen LogP contribution in [0.4, 0.5) is 4.79 Å². The first kappa shape index (κ1) is 16.8. The van der Waals surface area contributed by atoms with Gasteiger partial charge in [-0.2, -0.15) is 0 Å². The third kappa shape index (κ3) is 6.25. The molecule has 1 atom stereocenters.